The number of nitrogens with one attached hydrogen (secondary N) is 2. The topological polar surface area (TPSA) is 94.0 Å². The Labute approximate surface area is 258 Å². The summed E-state index contributed by atoms with van der Waals surface area (Å²) in [4.78, 5) is 28.7. The monoisotopic (exact) mass is 654 g/mol. The Morgan fingerprint density at radius 2 is 1.34 bits per heavy atom. The second-order valence-electron chi connectivity index (χ2n) is 10.1. The zero-order valence-corrected chi connectivity index (χ0v) is 24.4. The van der Waals surface area contributed by atoms with Crippen LogP contribution in [0.1, 0.15) is 23.2 Å². The van der Waals surface area contributed by atoms with E-state index in [2.05, 4.69) is 10.6 Å². The molecule has 5 rings (SSSR count). The summed E-state index contributed by atoms with van der Waals surface area (Å²) in [6.07, 6.45) is 1.87. The van der Waals surface area contributed by atoms with Crippen LogP contribution < -0.4 is 25.3 Å². The molecule has 2 N–H and O–H groups in total. The summed E-state index contributed by atoms with van der Waals surface area (Å²) in [7, 11) is 0. The van der Waals surface area contributed by atoms with Crippen molar-refractivity contribution in [2.45, 2.75) is 12.8 Å². The summed E-state index contributed by atoms with van der Waals surface area (Å²) >= 11 is 11.7. The molecule has 2 heterocycles. The Morgan fingerprint density at radius 3 is 1.93 bits per heavy atom. The number of nitro benzene ring substituents is 1. The maximum atomic E-state index is 14.2. The van der Waals surface area contributed by atoms with Gasteiger partial charge in [0, 0.05) is 56.6 Å². The number of carbonyl (C=O) groups is 1. The van der Waals surface area contributed by atoms with Gasteiger partial charge < -0.3 is 20.0 Å². The van der Waals surface area contributed by atoms with Crippen LogP contribution in [-0.2, 0) is 0 Å². The smallest absolute Gasteiger partial charge is 0.293 e. The fourth-order valence-electron chi connectivity index (χ4n) is 5.26. The van der Waals surface area contributed by atoms with Crippen molar-refractivity contribution in [2.24, 2.45) is 0 Å². The second kappa shape index (κ2) is 12.8. The molecule has 3 aromatic carbocycles. The summed E-state index contributed by atoms with van der Waals surface area (Å²) in [5.41, 5.74) is 0.336. The zero-order chi connectivity index (χ0) is 31.7. The highest BCUT2D eigenvalue weighted by Gasteiger charge is 2.31. The van der Waals surface area contributed by atoms with Crippen LogP contribution in [0.25, 0.3) is 0 Å². The predicted octanol–water partition coefficient (Wildman–Crippen LogP) is 6.00. The first-order chi connectivity index (χ1) is 21.0. The number of hydrogen-bond donors (Lipinski definition) is 2. The van der Waals surface area contributed by atoms with Crippen LogP contribution in [0.5, 0.6) is 0 Å². The van der Waals surface area contributed by atoms with Crippen LogP contribution in [0.4, 0.5) is 50.4 Å². The molecule has 44 heavy (non-hydrogen) atoms. The number of nitro groups is 1. The number of nitrogens with zero attached hydrogens (tertiary/aromatic N) is 4. The molecule has 2 aliphatic rings. The van der Waals surface area contributed by atoms with Crippen molar-refractivity contribution in [3.05, 3.63) is 86.2 Å². The minimum Gasteiger partial charge on any atom is -0.367 e. The molecule has 1 amide bonds. The lowest BCUT2D eigenvalue weighted by Gasteiger charge is -2.38. The fraction of sp³-hybridized carbons (Fsp3) is 0.286. The standard InChI is InChI=1S/C28H24ClF5N6O3S/c29-17-14-16(35-28(44)36-27(41)15-3-5-19(20(13-15)40(42)43)37-7-1-2-8-37)4-6-18(17)38-9-11-39(12-10-38)26-24(33)22(31)21(30)23(32)25(26)34/h3-6,13-14H,1-2,7-12H2,(H2,35,36,41,44). The Morgan fingerprint density at radius 1 is 0.795 bits per heavy atom. The SMILES string of the molecule is O=C(NC(=S)Nc1ccc(N2CCN(c3c(F)c(F)c(F)c(F)c3F)CC2)c(Cl)c1)c1ccc(N2CCCC2)c([N+](=O)[O-])c1. The second-order valence-corrected chi connectivity index (χ2v) is 10.9. The van der Waals surface area contributed by atoms with Gasteiger partial charge >= 0.3 is 0 Å². The lowest BCUT2D eigenvalue weighted by molar-refractivity contribution is -0.384. The molecular formula is C28H24ClF5N6O3S. The van der Waals surface area contributed by atoms with Crippen LogP contribution in [0.2, 0.25) is 5.02 Å². The van der Waals surface area contributed by atoms with E-state index < -0.39 is 45.6 Å². The van der Waals surface area contributed by atoms with Crippen molar-refractivity contribution < 1.29 is 31.7 Å². The van der Waals surface area contributed by atoms with E-state index in [9.17, 15) is 36.9 Å². The van der Waals surface area contributed by atoms with Crippen LogP contribution in [0, 0.1) is 39.2 Å². The Bertz CT molecular complexity index is 1620. The normalized spacial score (nSPS) is 15.0. The maximum Gasteiger partial charge on any atom is 0.293 e. The van der Waals surface area contributed by atoms with E-state index in [4.69, 9.17) is 23.8 Å². The van der Waals surface area contributed by atoms with E-state index in [0.717, 1.165) is 17.7 Å². The average Bonchev–Trinajstić information content (AvgIpc) is 3.54. The number of anilines is 4. The Kier molecular flexibility index (Phi) is 9.06. The number of benzene rings is 3. The van der Waals surface area contributed by atoms with Crippen LogP contribution in [0.15, 0.2) is 36.4 Å². The number of amides is 1. The third-order valence-corrected chi connectivity index (χ3v) is 7.94. The molecule has 0 aromatic heterocycles. The Hall–Kier alpha value is -4.24. The predicted molar refractivity (Wildman–Crippen MR) is 160 cm³/mol. The lowest BCUT2D eigenvalue weighted by Crippen LogP contribution is -2.47. The molecule has 16 heteroatoms. The van der Waals surface area contributed by atoms with Gasteiger partial charge in [-0.05, 0) is 55.4 Å². The summed E-state index contributed by atoms with van der Waals surface area (Å²) in [5, 5.41) is 17.1. The highest BCUT2D eigenvalue weighted by molar-refractivity contribution is 7.80. The highest BCUT2D eigenvalue weighted by Crippen LogP contribution is 2.34. The van der Waals surface area contributed by atoms with Crippen LogP contribution in [0.3, 0.4) is 0 Å². The third-order valence-electron chi connectivity index (χ3n) is 7.44. The summed E-state index contributed by atoms with van der Waals surface area (Å²) < 4.78 is 69.3. The first-order valence-electron chi connectivity index (χ1n) is 13.4. The van der Waals surface area contributed by atoms with E-state index in [1.807, 2.05) is 4.90 Å². The minimum atomic E-state index is -2.21. The van der Waals surface area contributed by atoms with Gasteiger partial charge in [-0.15, -0.1) is 0 Å². The van der Waals surface area contributed by atoms with E-state index in [1.54, 1.807) is 23.1 Å². The molecule has 2 aliphatic heterocycles. The van der Waals surface area contributed by atoms with E-state index >= 15 is 0 Å². The summed E-state index contributed by atoms with van der Waals surface area (Å²) in [6.45, 7) is 1.67. The van der Waals surface area contributed by atoms with Crippen molar-refractivity contribution in [3.63, 3.8) is 0 Å². The number of carbonyl (C=O) groups excluding carboxylic acids is 1. The fourth-order valence-corrected chi connectivity index (χ4v) is 5.77. The van der Waals surface area contributed by atoms with Gasteiger partial charge in [-0.2, -0.15) is 0 Å². The zero-order valence-electron chi connectivity index (χ0n) is 22.8. The molecule has 2 saturated heterocycles. The number of rotatable bonds is 6. The number of hydrogen-bond acceptors (Lipinski definition) is 7. The molecular weight excluding hydrogens is 631 g/mol. The Balaban J connectivity index is 1.20. The van der Waals surface area contributed by atoms with Gasteiger partial charge in [0.15, 0.2) is 28.4 Å². The van der Waals surface area contributed by atoms with Crippen LogP contribution in [-0.4, -0.2) is 55.2 Å². The van der Waals surface area contributed by atoms with Gasteiger partial charge in [0.2, 0.25) is 5.82 Å². The van der Waals surface area contributed by atoms with Gasteiger partial charge in [0.25, 0.3) is 11.6 Å². The third kappa shape index (κ3) is 6.19. The van der Waals surface area contributed by atoms with Crippen LogP contribution >= 0.6 is 23.8 Å². The van der Waals surface area contributed by atoms with Crippen molar-refractivity contribution in [2.75, 3.05) is 59.3 Å². The first kappa shape index (κ1) is 31.2. The molecule has 9 nitrogen and oxygen atoms in total. The quantitative estimate of drug-likeness (QED) is 0.0836. The molecule has 3 aromatic rings. The first-order valence-corrected chi connectivity index (χ1v) is 14.2. The van der Waals surface area contributed by atoms with Crippen molar-refractivity contribution in [1.29, 1.82) is 0 Å². The largest absolute Gasteiger partial charge is 0.367 e. The van der Waals surface area contributed by atoms with Gasteiger partial charge in [0.05, 0.1) is 15.6 Å². The van der Waals surface area contributed by atoms with Crippen molar-refractivity contribution in [3.8, 4) is 0 Å². The summed E-state index contributed by atoms with van der Waals surface area (Å²) in [5.74, 6) is -10.6. The van der Waals surface area contributed by atoms with Gasteiger partial charge in [-0.1, -0.05) is 11.6 Å². The maximum absolute atomic E-state index is 14.2. The number of piperazine rings is 1. The highest BCUT2D eigenvalue weighted by atomic mass is 35.5. The van der Waals surface area contributed by atoms with E-state index in [1.165, 1.54) is 18.2 Å². The molecule has 0 saturated carbocycles. The molecule has 232 valence electrons. The van der Waals surface area contributed by atoms with E-state index in [-0.39, 0.29) is 47.6 Å². The average molecular weight is 655 g/mol. The summed E-state index contributed by atoms with van der Waals surface area (Å²) in [6, 6.07) is 9.05. The molecule has 0 atom stereocenters. The van der Waals surface area contributed by atoms with Crippen molar-refractivity contribution in [1.82, 2.24) is 5.32 Å². The van der Waals surface area contributed by atoms with Crippen molar-refractivity contribution >= 4 is 63.3 Å². The number of halogens is 6. The minimum absolute atomic E-state index is 0.0397. The lowest BCUT2D eigenvalue weighted by atomic mass is 10.1. The number of thiocarbonyl (C=S) groups is 1. The van der Waals surface area contributed by atoms with Gasteiger partial charge in [-0.3, -0.25) is 20.2 Å². The molecule has 0 spiro atoms. The van der Waals surface area contributed by atoms with Gasteiger partial charge in [0.1, 0.15) is 11.4 Å². The molecule has 0 radical (unpaired) electrons. The molecule has 2 fully saturated rings. The molecule has 0 bridgehead atoms. The van der Waals surface area contributed by atoms with Gasteiger partial charge in [-0.25, -0.2) is 22.0 Å². The molecule has 0 aliphatic carbocycles. The molecule has 0 unspecified atom stereocenters. The van der Waals surface area contributed by atoms with E-state index in [0.29, 0.717) is 30.2 Å².